The molecule has 10 heavy (non-hydrogen) atoms. The molecular formula is C7H10FNO. The number of hydrogen-bond donors (Lipinski definition) is 0. The number of nitrogens with zero attached hydrogens (tertiary/aromatic N) is 1. The summed E-state index contributed by atoms with van der Waals surface area (Å²) in [7, 11) is 0. The molecule has 1 heterocycles. The molecule has 1 saturated heterocycles. The van der Waals surface area contributed by atoms with E-state index in [1.165, 1.54) is 4.90 Å². The topological polar surface area (TPSA) is 20.3 Å². The van der Waals surface area contributed by atoms with Crippen LogP contribution in [0.15, 0.2) is 12.4 Å². The molecule has 0 aromatic carbocycles. The van der Waals surface area contributed by atoms with E-state index in [1.807, 2.05) is 6.92 Å². The van der Waals surface area contributed by atoms with Crippen LogP contribution >= 0.6 is 0 Å². The largest absolute Gasteiger partial charge is 0.336 e. The summed E-state index contributed by atoms with van der Waals surface area (Å²) in [5.41, 5.74) is 0. The zero-order valence-corrected chi connectivity index (χ0v) is 5.93. The van der Waals surface area contributed by atoms with E-state index in [9.17, 15) is 9.18 Å². The molecule has 1 fully saturated rings. The standard InChI is InChI=1S/C7H10FNO/c1-5-3-9(4-5)7(10)6(2)8/h5H,2-4H2,1H3. The Hall–Kier alpha value is -0.860. The molecule has 1 aliphatic heterocycles. The van der Waals surface area contributed by atoms with Gasteiger partial charge in [-0.25, -0.2) is 4.39 Å². The van der Waals surface area contributed by atoms with Gasteiger partial charge in [0.25, 0.3) is 5.91 Å². The van der Waals surface area contributed by atoms with Crippen LogP contribution in [-0.4, -0.2) is 23.9 Å². The molecule has 0 atom stereocenters. The van der Waals surface area contributed by atoms with E-state index in [0.717, 1.165) is 0 Å². The number of amides is 1. The first-order valence-electron chi connectivity index (χ1n) is 3.25. The van der Waals surface area contributed by atoms with Crippen LogP contribution in [0.2, 0.25) is 0 Å². The van der Waals surface area contributed by atoms with Crippen LogP contribution in [0.25, 0.3) is 0 Å². The first kappa shape index (κ1) is 7.25. The summed E-state index contributed by atoms with van der Waals surface area (Å²) >= 11 is 0. The first-order valence-corrected chi connectivity index (χ1v) is 3.25. The number of halogens is 1. The molecule has 0 saturated carbocycles. The van der Waals surface area contributed by atoms with Crippen LogP contribution in [0.4, 0.5) is 4.39 Å². The van der Waals surface area contributed by atoms with E-state index < -0.39 is 11.7 Å². The van der Waals surface area contributed by atoms with Gasteiger partial charge in [-0.2, -0.15) is 0 Å². The molecule has 0 radical (unpaired) electrons. The Morgan fingerprint density at radius 2 is 2.20 bits per heavy atom. The van der Waals surface area contributed by atoms with Gasteiger partial charge in [-0.05, 0) is 5.92 Å². The third-order valence-corrected chi connectivity index (χ3v) is 1.58. The fourth-order valence-corrected chi connectivity index (χ4v) is 1.04. The predicted molar refractivity (Wildman–Crippen MR) is 36.0 cm³/mol. The summed E-state index contributed by atoms with van der Waals surface area (Å²) in [6, 6.07) is 0. The first-order chi connectivity index (χ1) is 4.61. The quantitative estimate of drug-likeness (QED) is 0.500. The maximum Gasteiger partial charge on any atom is 0.281 e. The maximum absolute atomic E-state index is 12.1. The zero-order valence-electron chi connectivity index (χ0n) is 5.93. The van der Waals surface area contributed by atoms with Crippen molar-refractivity contribution in [2.75, 3.05) is 13.1 Å². The molecule has 0 N–H and O–H groups in total. The normalized spacial score (nSPS) is 18.4. The molecular weight excluding hydrogens is 133 g/mol. The van der Waals surface area contributed by atoms with E-state index in [0.29, 0.717) is 19.0 Å². The van der Waals surface area contributed by atoms with Crippen molar-refractivity contribution in [2.24, 2.45) is 5.92 Å². The Labute approximate surface area is 59.3 Å². The highest BCUT2D eigenvalue weighted by Gasteiger charge is 2.28. The second-order valence-electron chi connectivity index (χ2n) is 2.72. The highest BCUT2D eigenvalue weighted by atomic mass is 19.1. The van der Waals surface area contributed by atoms with Crippen molar-refractivity contribution in [3.8, 4) is 0 Å². The van der Waals surface area contributed by atoms with Gasteiger partial charge in [0.05, 0.1) is 0 Å². The molecule has 3 heteroatoms. The Kier molecular flexibility index (Phi) is 1.74. The average molecular weight is 143 g/mol. The number of carbonyl (C=O) groups excluding carboxylic acids is 1. The maximum atomic E-state index is 12.1. The summed E-state index contributed by atoms with van der Waals surface area (Å²) in [6.45, 7) is 6.28. The molecule has 0 unspecified atom stereocenters. The Morgan fingerprint density at radius 3 is 2.50 bits per heavy atom. The minimum absolute atomic E-state index is 0.517. The van der Waals surface area contributed by atoms with Gasteiger partial charge >= 0.3 is 0 Å². The van der Waals surface area contributed by atoms with Crippen LogP contribution in [0.3, 0.4) is 0 Å². The molecule has 1 amide bonds. The third-order valence-electron chi connectivity index (χ3n) is 1.58. The average Bonchev–Trinajstić information content (AvgIpc) is 1.79. The second-order valence-corrected chi connectivity index (χ2v) is 2.72. The minimum atomic E-state index is -0.855. The Balaban J connectivity index is 2.38. The van der Waals surface area contributed by atoms with Crippen LogP contribution in [0.5, 0.6) is 0 Å². The lowest BCUT2D eigenvalue weighted by Crippen LogP contribution is -2.48. The molecule has 0 bridgehead atoms. The molecule has 0 aliphatic carbocycles. The smallest absolute Gasteiger partial charge is 0.281 e. The molecule has 56 valence electrons. The third kappa shape index (κ3) is 1.17. The Bertz CT molecular complexity index is 172. The number of hydrogen-bond acceptors (Lipinski definition) is 1. The number of carbonyl (C=O) groups is 1. The van der Waals surface area contributed by atoms with Crippen molar-refractivity contribution in [2.45, 2.75) is 6.92 Å². The highest BCUT2D eigenvalue weighted by Crippen LogP contribution is 2.16. The molecule has 0 spiro atoms. The minimum Gasteiger partial charge on any atom is -0.336 e. The summed E-state index contributed by atoms with van der Waals surface area (Å²) < 4.78 is 12.1. The fourth-order valence-electron chi connectivity index (χ4n) is 1.04. The van der Waals surface area contributed by atoms with Gasteiger partial charge < -0.3 is 4.90 Å². The van der Waals surface area contributed by atoms with Crippen molar-refractivity contribution in [1.29, 1.82) is 0 Å². The van der Waals surface area contributed by atoms with Crippen molar-refractivity contribution < 1.29 is 9.18 Å². The van der Waals surface area contributed by atoms with Gasteiger partial charge in [0.15, 0.2) is 5.83 Å². The molecule has 0 aromatic heterocycles. The van der Waals surface area contributed by atoms with E-state index in [1.54, 1.807) is 0 Å². The van der Waals surface area contributed by atoms with Gasteiger partial charge in [-0.1, -0.05) is 13.5 Å². The predicted octanol–water partition coefficient (Wildman–Crippen LogP) is 0.948. The molecule has 1 aliphatic rings. The monoisotopic (exact) mass is 143 g/mol. The highest BCUT2D eigenvalue weighted by molar-refractivity contribution is 5.91. The fraction of sp³-hybridized carbons (Fsp3) is 0.571. The Morgan fingerprint density at radius 1 is 1.70 bits per heavy atom. The SMILES string of the molecule is C=C(F)C(=O)N1CC(C)C1. The van der Waals surface area contributed by atoms with Crippen LogP contribution in [0.1, 0.15) is 6.92 Å². The lowest BCUT2D eigenvalue weighted by atomic mass is 10.0. The lowest BCUT2D eigenvalue weighted by Gasteiger charge is -2.36. The second kappa shape index (κ2) is 2.40. The van der Waals surface area contributed by atoms with Crippen LogP contribution < -0.4 is 0 Å². The number of rotatable bonds is 1. The van der Waals surface area contributed by atoms with E-state index in [-0.39, 0.29) is 0 Å². The van der Waals surface area contributed by atoms with Gasteiger partial charge in [-0.3, -0.25) is 4.79 Å². The van der Waals surface area contributed by atoms with Gasteiger partial charge in [0.2, 0.25) is 0 Å². The van der Waals surface area contributed by atoms with Gasteiger partial charge in [-0.15, -0.1) is 0 Å². The van der Waals surface area contributed by atoms with E-state index in [2.05, 4.69) is 6.58 Å². The van der Waals surface area contributed by atoms with Gasteiger partial charge in [0.1, 0.15) is 0 Å². The van der Waals surface area contributed by atoms with Crippen molar-refractivity contribution in [3.63, 3.8) is 0 Å². The summed E-state index contributed by atoms with van der Waals surface area (Å²) in [4.78, 5) is 12.2. The molecule has 2 nitrogen and oxygen atoms in total. The number of likely N-dealkylation sites (tertiary alicyclic amines) is 1. The van der Waals surface area contributed by atoms with Crippen molar-refractivity contribution in [3.05, 3.63) is 12.4 Å². The summed E-state index contributed by atoms with van der Waals surface area (Å²) in [6.07, 6.45) is 0. The van der Waals surface area contributed by atoms with Crippen LogP contribution in [-0.2, 0) is 4.79 Å². The molecule has 1 rings (SSSR count). The zero-order chi connectivity index (χ0) is 7.72. The lowest BCUT2D eigenvalue weighted by molar-refractivity contribution is -0.134. The van der Waals surface area contributed by atoms with Crippen molar-refractivity contribution in [1.82, 2.24) is 4.90 Å². The molecule has 0 aromatic rings. The van der Waals surface area contributed by atoms with E-state index in [4.69, 9.17) is 0 Å². The summed E-state index contributed by atoms with van der Waals surface area (Å²) in [5, 5.41) is 0. The van der Waals surface area contributed by atoms with Gasteiger partial charge in [0, 0.05) is 13.1 Å². The van der Waals surface area contributed by atoms with Crippen molar-refractivity contribution >= 4 is 5.91 Å². The van der Waals surface area contributed by atoms with E-state index >= 15 is 0 Å². The summed E-state index contributed by atoms with van der Waals surface area (Å²) in [5.74, 6) is -0.895. The van der Waals surface area contributed by atoms with Crippen LogP contribution in [0, 0.1) is 5.92 Å².